The van der Waals surface area contributed by atoms with Crippen LogP contribution in [-0.4, -0.2) is 45.6 Å². The van der Waals surface area contributed by atoms with E-state index in [9.17, 15) is 13.2 Å². The van der Waals surface area contributed by atoms with Gasteiger partial charge in [0.05, 0.1) is 12.8 Å². The van der Waals surface area contributed by atoms with Crippen LogP contribution >= 0.6 is 0 Å². The molecule has 1 aliphatic carbocycles. The number of pyridine rings is 1. The average Bonchev–Trinajstić information content (AvgIpc) is 3.58. The Hall–Kier alpha value is -1.99. The molecule has 1 fully saturated rings. The van der Waals surface area contributed by atoms with Gasteiger partial charge in [-0.15, -0.1) is 0 Å². The summed E-state index contributed by atoms with van der Waals surface area (Å²) in [6.45, 7) is 3.11. The van der Waals surface area contributed by atoms with E-state index < -0.39 is 10.0 Å². The Morgan fingerprint density at radius 1 is 1.02 bits per heavy atom. The van der Waals surface area contributed by atoms with Gasteiger partial charge in [0.1, 0.15) is 0 Å². The first-order valence-electron chi connectivity index (χ1n) is 13.4. The van der Waals surface area contributed by atoms with Gasteiger partial charge in [-0.3, -0.25) is 15.1 Å². The number of hydrogen-bond acceptors (Lipinski definition) is 6. The molecule has 0 spiro atoms. The predicted molar refractivity (Wildman–Crippen MR) is 150 cm³/mol. The summed E-state index contributed by atoms with van der Waals surface area (Å²) in [7, 11) is -3.41. The molecule has 2 aromatic heterocycles. The zero-order chi connectivity index (χ0) is 27.4. The van der Waals surface area contributed by atoms with Gasteiger partial charge < -0.3 is 9.67 Å². The van der Waals surface area contributed by atoms with Gasteiger partial charge in [-0.05, 0) is 59.9 Å². The van der Waals surface area contributed by atoms with E-state index in [2.05, 4.69) is 27.5 Å². The molecule has 0 bridgehead atoms. The minimum Gasteiger partial charge on any atom is -0.330 e. The molecule has 9 nitrogen and oxygen atoms in total. The molecule has 0 unspecified atom stereocenters. The molecule has 5 rings (SSSR count). The number of aryl methyl sites for hydroxylation is 1. The quantitative estimate of drug-likeness (QED) is 0.227. The van der Waals surface area contributed by atoms with Crippen molar-refractivity contribution in [1.29, 1.82) is 0 Å². The van der Waals surface area contributed by atoms with Crippen molar-refractivity contribution in [2.45, 2.75) is 52.1 Å². The van der Waals surface area contributed by atoms with Gasteiger partial charge in [-0.25, -0.2) is 8.42 Å². The van der Waals surface area contributed by atoms with Crippen molar-refractivity contribution in [3.05, 3.63) is 87.8 Å². The monoisotopic (exact) mass is 584 g/mol. The molecule has 40 heavy (non-hydrogen) atoms. The predicted octanol–water partition coefficient (Wildman–Crippen LogP) is 0.891. The van der Waals surface area contributed by atoms with Crippen LogP contribution in [0.4, 0.5) is 0 Å². The van der Waals surface area contributed by atoms with E-state index in [0.29, 0.717) is 30.4 Å². The molecule has 0 amide bonds. The average molecular weight is 585 g/mol. The van der Waals surface area contributed by atoms with Crippen LogP contribution in [0.25, 0.3) is 22.5 Å². The van der Waals surface area contributed by atoms with Crippen LogP contribution < -0.4 is 62.0 Å². The number of tetrazole rings is 1. The maximum Gasteiger partial charge on any atom is 1.00 e. The van der Waals surface area contributed by atoms with Gasteiger partial charge in [-0.1, -0.05) is 67.9 Å². The maximum atomic E-state index is 13.7. The Morgan fingerprint density at radius 3 is 2.38 bits per heavy atom. The SMILES string of the molecule is CCCCc1ccc(CN(CC2CC2)S(C)(=O)=O)c(=O)n1Cc1ccc(-c2ccccc2-c2nnn[n-]2)cc1.[K+]. The number of hydrogen-bond donors (Lipinski definition) is 0. The zero-order valence-electron chi connectivity index (χ0n) is 23.3. The van der Waals surface area contributed by atoms with E-state index in [1.807, 2.05) is 60.7 Å². The normalized spacial score (nSPS) is 13.4. The van der Waals surface area contributed by atoms with E-state index in [1.54, 1.807) is 4.57 Å². The third kappa shape index (κ3) is 7.64. The molecule has 4 aromatic rings. The summed E-state index contributed by atoms with van der Waals surface area (Å²) in [4.78, 5) is 13.7. The Bertz CT molecular complexity index is 1580. The molecule has 2 heterocycles. The standard InChI is InChI=1S/C29H33N6O3S.K/c1-3-4-7-25-17-16-24(20-34(39(2,37)38)18-21-10-11-21)29(36)35(25)19-22-12-14-23(15-13-22)26-8-5-6-9-27(26)28-30-32-33-31-28;/h5-6,8-9,12-17,21H,3-4,7,10-11,18-20H2,1-2H3;/q-1;+1. The molecule has 0 saturated heterocycles. The summed E-state index contributed by atoms with van der Waals surface area (Å²) in [5, 5.41) is 15.2. The van der Waals surface area contributed by atoms with Crippen molar-refractivity contribution in [1.82, 2.24) is 29.5 Å². The molecular weight excluding hydrogens is 552 g/mol. The Kier molecular flexibility index (Phi) is 10.7. The molecule has 0 radical (unpaired) electrons. The maximum absolute atomic E-state index is 13.7. The van der Waals surface area contributed by atoms with Crippen molar-refractivity contribution < 1.29 is 59.8 Å². The molecule has 0 atom stereocenters. The van der Waals surface area contributed by atoms with Crippen LogP contribution in [0.1, 0.15) is 49.4 Å². The number of nitrogens with zero attached hydrogens (tertiary/aromatic N) is 6. The topological polar surface area (TPSA) is 112 Å². The fourth-order valence-electron chi connectivity index (χ4n) is 4.78. The number of unbranched alkanes of at least 4 members (excludes halogenated alkanes) is 1. The molecule has 0 aliphatic heterocycles. The molecule has 204 valence electrons. The minimum atomic E-state index is -3.41. The number of sulfonamides is 1. The van der Waals surface area contributed by atoms with E-state index in [4.69, 9.17) is 0 Å². The third-order valence-corrected chi connectivity index (χ3v) is 8.41. The minimum absolute atomic E-state index is 0. The number of rotatable bonds is 12. The van der Waals surface area contributed by atoms with E-state index >= 15 is 0 Å². The van der Waals surface area contributed by atoms with Crippen LogP contribution in [0, 0.1) is 5.92 Å². The summed E-state index contributed by atoms with van der Waals surface area (Å²) in [6.07, 6.45) is 6.09. The van der Waals surface area contributed by atoms with Crippen LogP contribution in [0.2, 0.25) is 0 Å². The zero-order valence-corrected chi connectivity index (χ0v) is 27.3. The van der Waals surface area contributed by atoms with Gasteiger partial charge in [0.25, 0.3) is 5.56 Å². The van der Waals surface area contributed by atoms with Crippen LogP contribution in [0.3, 0.4) is 0 Å². The smallest absolute Gasteiger partial charge is 0.330 e. The molecule has 0 N–H and O–H groups in total. The second-order valence-electron chi connectivity index (χ2n) is 10.3. The largest absolute Gasteiger partial charge is 1.00 e. The number of aromatic nitrogens is 5. The summed E-state index contributed by atoms with van der Waals surface area (Å²) in [5.41, 5.74) is 5.14. The van der Waals surface area contributed by atoms with Gasteiger partial charge in [0.15, 0.2) is 0 Å². The first kappa shape index (κ1) is 31.0. The summed E-state index contributed by atoms with van der Waals surface area (Å²) < 4.78 is 28.1. The molecule has 2 aromatic carbocycles. The fourth-order valence-corrected chi connectivity index (χ4v) is 5.64. The van der Waals surface area contributed by atoms with Crippen molar-refractivity contribution >= 4 is 10.0 Å². The van der Waals surface area contributed by atoms with E-state index in [0.717, 1.165) is 60.1 Å². The third-order valence-electron chi connectivity index (χ3n) is 7.20. The second kappa shape index (κ2) is 13.8. The first-order valence-corrected chi connectivity index (χ1v) is 15.2. The Morgan fingerprint density at radius 2 is 1.75 bits per heavy atom. The number of benzene rings is 2. The first-order chi connectivity index (χ1) is 18.8. The molecule has 11 heteroatoms. The van der Waals surface area contributed by atoms with Gasteiger partial charge in [0, 0.05) is 30.2 Å². The van der Waals surface area contributed by atoms with Gasteiger partial charge >= 0.3 is 51.4 Å². The van der Waals surface area contributed by atoms with Crippen molar-refractivity contribution in [3.8, 4) is 22.5 Å². The molecule has 1 aliphatic rings. The van der Waals surface area contributed by atoms with Crippen molar-refractivity contribution in [2.75, 3.05) is 12.8 Å². The van der Waals surface area contributed by atoms with Crippen molar-refractivity contribution in [3.63, 3.8) is 0 Å². The Labute approximate surface area is 277 Å². The van der Waals surface area contributed by atoms with Gasteiger partial charge in [0.2, 0.25) is 10.0 Å². The van der Waals surface area contributed by atoms with Crippen LogP contribution in [0.5, 0.6) is 0 Å². The molecular formula is C29H33KN6O3S. The van der Waals surface area contributed by atoms with E-state index in [-0.39, 0.29) is 63.5 Å². The Balaban J connectivity index is 0.00000370. The summed E-state index contributed by atoms with van der Waals surface area (Å²) in [5.74, 6) is 0.871. The van der Waals surface area contributed by atoms with Crippen LogP contribution in [-0.2, 0) is 29.5 Å². The molecule has 1 saturated carbocycles. The second-order valence-corrected chi connectivity index (χ2v) is 12.3. The van der Waals surface area contributed by atoms with E-state index in [1.165, 1.54) is 10.6 Å². The van der Waals surface area contributed by atoms with Crippen molar-refractivity contribution in [2.24, 2.45) is 5.92 Å². The van der Waals surface area contributed by atoms with Gasteiger partial charge in [-0.2, -0.15) is 9.52 Å². The summed E-state index contributed by atoms with van der Waals surface area (Å²) in [6, 6.07) is 19.7. The summed E-state index contributed by atoms with van der Waals surface area (Å²) >= 11 is 0. The van der Waals surface area contributed by atoms with Crippen LogP contribution in [0.15, 0.2) is 65.5 Å². The fraction of sp³-hybridized carbons (Fsp3) is 0.379.